The number of rotatable bonds is 5. The average Bonchev–Trinajstić information content (AvgIpc) is 2.91. The van der Waals surface area contributed by atoms with Crippen molar-refractivity contribution in [1.82, 2.24) is 10.1 Å². The molecule has 1 aromatic heterocycles. The van der Waals surface area contributed by atoms with Gasteiger partial charge in [0.15, 0.2) is 0 Å². The summed E-state index contributed by atoms with van der Waals surface area (Å²) in [4.78, 5) is 14.4. The molecule has 1 saturated heterocycles. The van der Waals surface area contributed by atoms with Gasteiger partial charge in [0.1, 0.15) is 11.6 Å². The van der Waals surface area contributed by atoms with Crippen molar-refractivity contribution in [3.8, 4) is 0 Å². The number of hydrogen-bond acceptors (Lipinski definition) is 4. The minimum absolute atomic E-state index is 0.0986. The summed E-state index contributed by atoms with van der Waals surface area (Å²) in [5.74, 6) is 0.629. The molecule has 1 fully saturated rings. The highest BCUT2D eigenvalue weighted by Gasteiger charge is 2.24. The average molecular weight is 346 g/mol. The Morgan fingerprint density at radius 3 is 2.96 bits per heavy atom. The zero-order chi connectivity index (χ0) is 17.8. The fourth-order valence-corrected chi connectivity index (χ4v) is 3.25. The van der Waals surface area contributed by atoms with Crippen molar-refractivity contribution in [3.05, 3.63) is 52.7 Å². The standard InChI is InChI=1S/C19H23FN2O3/c1-13-18(14(2)25-21-13)6-7-19(23)22-8-9-24-17(12-22)11-15-4-3-5-16(20)10-15/h3-5,10,17H,6-9,11-12H2,1-2H3. The SMILES string of the molecule is Cc1noc(C)c1CCC(=O)N1CCOC(Cc2cccc(F)c2)C1. The molecular weight excluding hydrogens is 323 g/mol. The van der Waals surface area contributed by atoms with Crippen LogP contribution in [0.15, 0.2) is 28.8 Å². The molecule has 0 N–H and O–H groups in total. The molecule has 134 valence electrons. The molecule has 0 bridgehead atoms. The monoisotopic (exact) mass is 346 g/mol. The number of carbonyl (C=O) groups is 1. The lowest BCUT2D eigenvalue weighted by Gasteiger charge is -2.33. The topological polar surface area (TPSA) is 55.6 Å². The van der Waals surface area contributed by atoms with Crippen LogP contribution in [-0.4, -0.2) is 41.8 Å². The minimum Gasteiger partial charge on any atom is -0.374 e. The molecular formula is C19H23FN2O3. The van der Waals surface area contributed by atoms with Crippen LogP contribution in [0.25, 0.3) is 0 Å². The molecule has 3 rings (SSSR count). The van der Waals surface area contributed by atoms with E-state index in [0.29, 0.717) is 39.0 Å². The van der Waals surface area contributed by atoms with Crippen molar-refractivity contribution in [1.29, 1.82) is 0 Å². The zero-order valence-corrected chi connectivity index (χ0v) is 14.6. The summed E-state index contributed by atoms with van der Waals surface area (Å²) >= 11 is 0. The zero-order valence-electron chi connectivity index (χ0n) is 14.6. The number of carbonyl (C=O) groups excluding carboxylic acids is 1. The molecule has 1 atom stereocenters. The first-order valence-electron chi connectivity index (χ1n) is 8.58. The Balaban J connectivity index is 1.54. The normalized spacial score (nSPS) is 17.7. The van der Waals surface area contributed by atoms with Crippen LogP contribution < -0.4 is 0 Å². The van der Waals surface area contributed by atoms with Crippen molar-refractivity contribution >= 4 is 5.91 Å². The molecule has 2 heterocycles. The summed E-state index contributed by atoms with van der Waals surface area (Å²) in [6.07, 6.45) is 1.56. The molecule has 1 amide bonds. The Bertz CT molecular complexity index is 725. The van der Waals surface area contributed by atoms with E-state index >= 15 is 0 Å². The van der Waals surface area contributed by atoms with E-state index in [1.54, 1.807) is 6.07 Å². The molecule has 1 aromatic carbocycles. The fourth-order valence-electron chi connectivity index (χ4n) is 3.25. The van der Waals surface area contributed by atoms with Gasteiger partial charge < -0.3 is 14.2 Å². The number of aromatic nitrogens is 1. The maximum atomic E-state index is 13.3. The first kappa shape index (κ1) is 17.6. The molecule has 0 radical (unpaired) electrons. The number of morpholine rings is 1. The van der Waals surface area contributed by atoms with E-state index in [1.807, 2.05) is 24.8 Å². The molecule has 2 aromatic rings. The molecule has 25 heavy (non-hydrogen) atoms. The maximum Gasteiger partial charge on any atom is 0.223 e. The van der Waals surface area contributed by atoms with Gasteiger partial charge in [-0.3, -0.25) is 4.79 Å². The first-order valence-corrected chi connectivity index (χ1v) is 8.58. The molecule has 1 aliphatic heterocycles. The van der Waals surface area contributed by atoms with Gasteiger partial charge in [0.2, 0.25) is 5.91 Å². The van der Waals surface area contributed by atoms with Crippen LogP contribution in [0.3, 0.4) is 0 Å². The van der Waals surface area contributed by atoms with E-state index in [0.717, 1.165) is 22.6 Å². The van der Waals surface area contributed by atoms with Gasteiger partial charge in [-0.05, 0) is 38.0 Å². The van der Waals surface area contributed by atoms with Crippen LogP contribution in [0.2, 0.25) is 0 Å². The second-order valence-electron chi connectivity index (χ2n) is 6.47. The first-order chi connectivity index (χ1) is 12.0. The highest BCUT2D eigenvalue weighted by Crippen LogP contribution is 2.17. The third-order valence-corrected chi connectivity index (χ3v) is 4.61. The highest BCUT2D eigenvalue weighted by molar-refractivity contribution is 5.76. The quantitative estimate of drug-likeness (QED) is 0.835. The highest BCUT2D eigenvalue weighted by atomic mass is 19.1. The van der Waals surface area contributed by atoms with Gasteiger partial charge in [-0.25, -0.2) is 4.39 Å². The lowest BCUT2D eigenvalue weighted by molar-refractivity contribution is -0.138. The van der Waals surface area contributed by atoms with E-state index in [9.17, 15) is 9.18 Å². The summed E-state index contributed by atoms with van der Waals surface area (Å²) in [6.45, 7) is 5.40. The predicted molar refractivity (Wildman–Crippen MR) is 90.7 cm³/mol. The number of nitrogens with zero attached hydrogens (tertiary/aromatic N) is 2. The smallest absolute Gasteiger partial charge is 0.223 e. The van der Waals surface area contributed by atoms with Crippen LogP contribution in [0.4, 0.5) is 4.39 Å². The Morgan fingerprint density at radius 2 is 2.24 bits per heavy atom. The van der Waals surface area contributed by atoms with Crippen molar-refractivity contribution in [2.45, 2.75) is 39.2 Å². The van der Waals surface area contributed by atoms with Crippen LogP contribution >= 0.6 is 0 Å². The predicted octanol–water partition coefficient (Wildman–Crippen LogP) is 2.83. The van der Waals surface area contributed by atoms with Gasteiger partial charge in [-0.1, -0.05) is 17.3 Å². The second-order valence-corrected chi connectivity index (χ2v) is 6.47. The fraction of sp³-hybridized carbons (Fsp3) is 0.474. The van der Waals surface area contributed by atoms with Crippen molar-refractivity contribution < 1.29 is 18.4 Å². The lowest BCUT2D eigenvalue weighted by atomic mass is 10.1. The maximum absolute atomic E-state index is 13.3. The van der Waals surface area contributed by atoms with Gasteiger partial charge in [-0.2, -0.15) is 0 Å². The number of aryl methyl sites for hydroxylation is 2. The van der Waals surface area contributed by atoms with E-state index in [2.05, 4.69) is 5.16 Å². The number of halogens is 1. The number of benzene rings is 1. The Morgan fingerprint density at radius 1 is 1.40 bits per heavy atom. The van der Waals surface area contributed by atoms with Crippen molar-refractivity contribution in [3.63, 3.8) is 0 Å². The largest absolute Gasteiger partial charge is 0.374 e. The molecule has 0 saturated carbocycles. The number of ether oxygens (including phenoxy) is 1. The van der Waals surface area contributed by atoms with Gasteiger partial charge in [-0.15, -0.1) is 0 Å². The molecule has 1 unspecified atom stereocenters. The second kappa shape index (κ2) is 7.78. The Kier molecular flexibility index (Phi) is 5.48. The van der Waals surface area contributed by atoms with Gasteiger partial charge >= 0.3 is 0 Å². The summed E-state index contributed by atoms with van der Waals surface area (Å²) in [5.41, 5.74) is 2.74. The number of hydrogen-bond donors (Lipinski definition) is 0. The molecule has 1 aliphatic rings. The van der Waals surface area contributed by atoms with E-state index in [1.165, 1.54) is 12.1 Å². The summed E-state index contributed by atoms with van der Waals surface area (Å²) < 4.78 is 24.2. The Labute approximate surface area is 146 Å². The van der Waals surface area contributed by atoms with E-state index < -0.39 is 0 Å². The van der Waals surface area contributed by atoms with Gasteiger partial charge in [0.25, 0.3) is 0 Å². The summed E-state index contributed by atoms with van der Waals surface area (Å²) in [5, 5.41) is 3.92. The third kappa shape index (κ3) is 4.45. The lowest BCUT2D eigenvalue weighted by Crippen LogP contribution is -2.46. The van der Waals surface area contributed by atoms with Crippen molar-refractivity contribution in [2.24, 2.45) is 0 Å². The molecule has 0 aliphatic carbocycles. The van der Waals surface area contributed by atoms with E-state index in [-0.39, 0.29) is 17.8 Å². The van der Waals surface area contributed by atoms with Crippen LogP contribution in [0, 0.1) is 19.7 Å². The summed E-state index contributed by atoms with van der Waals surface area (Å²) in [6, 6.07) is 6.52. The van der Waals surface area contributed by atoms with Crippen molar-refractivity contribution in [2.75, 3.05) is 19.7 Å². The van der Waals surface area contributed by atoms with Crippen LogP contribution in [0.1, 0.15) is 29.0 Å². The minimum atomic E-state index is -0.249. The van der Waals surface area contributed by atoms with E-state index in [4.69, 9.17) is 9.26 Å². The third-order valence-electron chi connectivity index (χ3n) is 4.61. The number of amides is 1. The van der Waals surface area contributed by atoms with Crippen LogP contribution in [0.5, 0.6) is 0 Å². The van der Waals surface area contributed by atoms with Gasteiger partial charge in [0.05, 0.1) is 18.4 Å². The molecule has 0 spiro atoms. The van der Waals surface area contributed by atoms with Crippen LogP contribution in [-0.2, 0) is 22.4 Å². The Hall–Kier alpha value is -2.21. The summed E-state index contributed by atoms with van der Waals surface area (Å²) in [7, 11) is 0. The molecule has 6 heteroatoms. The molecule has 5 nitrogen and oxygen atoms in total. The van der Waals surface area contributed by atoms with Gasteiger partial charge in [0, 0.05) is 31.5 Å².